The van der Waals surface area contributed by atoms with E-state index in [1.807, 2.05) is 0 Å². The highest BCUT2D eigenvalue weighted by molar-refractivity contribution is 5.33. The molecule has 1 heterocycles. The van der Waals surface area contributed by atoms with Gasteiger partial charge in [-0.3, -0.25) is 4.90 Å². The maximum Gasteiger partial charge on any atom is 0.124 e. The van der Waals surface area contributed by atoms with Crippen molar-refractivity contribution in [2.75, 3.05) is 26.3 Å². The van der Waals surface area contributed by atoms with Gasteiger partial charge in [0.1, 0.15) is 6.04 Å². The van der Waals surface area contributed by atoms with E-state index < -0.39 is 0 Å². The lowest BCUT2D eigenvalue weighted by molar-refractivity contribution is 0.0266. The van der Waals surface area contributed by atoms with Crippen molar-refractivity contribution < 1.29 is 4.74 Å². The van der Waals surface area contributed by atoms with Gasteiger partial charge < -0.3 is 4.74 Å². The van der Waals surface area contributed by atoms with Crippen LogP contribution in [0, 0.1) is 11.3 Å². The molecule has 0 radical (unpaired) electrons. The molecule has 3 nitrogen and oxygen atoms in total. The van der Waals surface area contributed by atoms with Crippen LogP contribution in [0.3, 0.4) is 0 Å². The Balaban J connectivity index is 1.81. The molecule has 1 unspecified atom stereocenters. The van der Waals surface area contributed by atoms with Crippen molar-refractivity contribution >= 4 is 0 Å². The Morgan fingerprint density at radius 2 is 2.06 bits per heavy atom. The molecular weight excluding hydrogens is 224 g/mol. The number of hydrogen-bond acceptors (Lipinski definition) is 3. The van der Waals surface area contributed by atoms with Crippen LogP contribution in [0.4, 0.5) is 0 Å². The van der Waals surface area contributed by atoms with Crippen LogP contribution in [-0.4, -0.2) is 31.2 Å². The number of rotatable bonds is 3. The van der Waals surface area contributed by atoms with Crippen molar-refractivity contribution in [2.45, 2.75) is 24.8 Å². The first-order valence-corrected chi connectivity index (χ1v) is 6.70. The van der Waals surface area contributed by atoms with Gasteiger partial charge in [-0.2, -0.15) is 5.26 Å². The predicted molar refractivity (Wildman–Crippen MR) is 69.2 cm³/mol. The Hall–Kier alpha value is -1.37. The van der Waals surface area contributed by atoms with Crippen LogP contribution < -0.4 is 0 Å². The first kappa shape index (κ1) is 11.7. The zero-order valence-corrected chi connectivity index (χ0v) is 10.5. The lowest BCUT2D eigenvalue weighted by Crippen LogP contribution is -2.38. The average molecular weight is 242 g/mol. The summed E-state index contributed by atoms with van der Waals surface area (Å²) in [6, 6.07) is 10.9. The van der Waals surface area contributed by atoms with Gasteiger partial charge in [0, 0.05) is 13.1 Å². The molecule has 0 bridgehead atoms. The van der Waals surface area contributed by atoms with E-state index in [2.05, 4.69) is 35.2 Å². The van der Waals surface area contributed by atoms with E-state index >= 15 is 0 Å². The molecule has 18 heavy (non-hydrogen) atoms. The van der Waals surface area contributed by atoms with Gasteiger partial charge in [-0.25, -0.2) is 0 Å². The highest BCUT2D eigenvalue weighted by Gasteiger charge is 2.26. The summed E-state index contributed by atoms with van der Waals surface area (Å²) in [7, 11) is 0. The molecule has 3 heteroatoms. The third kappa shape index (κ3) is 2.40. The lowest BCUT2D eigenvalue weighted by atomic mass is 10.0. The molecule has 1 aliphatic carbocycles. The van der Waals surface area contributed by atoms with Gasteiger partial charge in [0.25, 0.3) is 0 Å². The third-order valence-corrected chi connectivity index (χ3v) is 3.81. The number of benzene rings is 1. The van der Waals surface area contributed by atoms with E-state index in [-0.39, 0.29) is 6.04 Å². The molecule has 1 atom stereocenters. The smallest absolute Gasteiger partial charge is 0.124 e. The molecule has 0 N–H and O–H groups in total. The van der Waals surface area contributed by atoms with Crippen molar-refractivity contribution in [1.82, 2.24) is 4.90 Å². The summed E-state index contributed by atoms with van der Waals surface area (Å²) in [5.41, 5.74) is 2.55. The second-order valence-corrected chi connectivity index (χ2v) is 5.12. The van der Waals surface area contributed by atoms with E-state index in [4.69, 9.17) is 4.74 Å². The van der Waals surface area contributed by atoms with E-state index in [0.717, 1.165) is 37.8 Å². The molecule has 1 saturated carbocycles. The van der Waals surface area contributed by atoms with E-state index in [1.165, 1.54) is 18.4 Å². The van der Waals surface area contributed by atoms with Crippen molar-refractivity contribution in [1.29, 1.82) is 5.26 Å². The Bertz CT molecular complexity index is 456. The lowest BCUT2D eigenvalue weighted by Gasteiger charge is -2.30. The number of ether oxygens (including phenoxy) is 1. The summed E-state index contributed by atoms with van der Waals surface area (Å²) in [5.74, 6) is 0.744. The molecule has 0 aromatic heterocycles. The number of nitriles is 1. The van der Waals surface area contributed by atoms with Crippen LogP contribution in [0.5, 0.6) is 0 Å². The van der Waals surface area contributed by atoms with Gasteiger partial charge in [0.2, 0.25) is 0 Å². The maximum atomic E-state index is 9.44. The van der Waals surface area contributed by atoms with Crippen LogP contribution in [0.2, 0.25) is 0 Å². The summed E-state index contributed by atoms with van der Waals surface area (Å²) in [4.78, 5) is 2.22. The highest BCUT2D eigenvalue weighted by Crippen LogP contribution is 2.40. The minimum Gasteiger partial charge on any atom is -0.379 e. The van der Waals surface area contributed by atoms with Gasteiger partial charge in [-0.05, 0) is 29.9 Å². The van der Waals surface area contributed by atoms with Crippen LogP contribution >= 0.6 is 0 Å². The van der Waals surface area contributed by atoms with Gasteiger partial charge in [-0.1, -0.05) is 24.3 Å². The molecule has 1 saturated heterocycles. The van der Waals surface area contributed by atoms with E-state index in [0.29, 0.717) is 0 Å². The normalized spacial score (nSPS) is 22.4. The first-order chi connectivity index (χ1) is 8.88. The Morgan fingerprint density at radius 1 is 1.28 bits per heavy atom. The second-order valence-electron chi connectivity index (χ2n) is 5.12. The SMILES string of the molecule is N#CC(c1cccc(C2CC2)c1)N1CCOCC1. The number of nitrogens with zero attached hydrogens (tertiary/aromatic N) is 2. The fourth-order valence-electron chi connectivity index (χ4n) is 2.60. The standard InChI is InChI=1S/C15H18N2O/c16-11-15(17-6-8-18-9-7-17)14-3-1-2-13(10-14)12-4-5-12/h1-3,10,12,15H,4-9H2. The zero-order valence-electron chi connectivity index (χ0n) is 10.5. The van der Waals surface area contributed by atoms with Gasteiger partial charge >= 0.3 is 0 Å². The van der Waals surface area contributed by atoms with Crippen LogP contribution in [-0.2, 0) is 4.74 Å². The van der Waals surface area contributed by atoms with Crippen molar-refractivity contribution in [3.8, 4) is 6.07 Å². The summed E-state index contributed by atoms with van der Waals surface area (Å²) >= 11 is 0. The highest BCUT2D eigenvalue weighted by atomic mass is 16.5. The number of morpholine rings is 1. The minimum atomic E-state index is -0.118. The molecule has 2 aliphatic rings. The summed E-state index contributed by atoms with van der Waals surface area (Å²) in [5, 5.41) is 9.44. The van der Waals surface area contributed by atoms with Gasteiger partial charge in [-0.15, -0.1) is 0 Å². The molecule has 0 amide bonds. The van der Waals surface area contributed by atoms with E-state index in [1.54, 1.807) is 0 Å². The molecule has 3 rings (SSSR count). The number of hydrogen-bond donors (Lipinski definition) is 0. The molecular formula is C15H18N2O. The summed E-state index contributed by atoms with van der Waals surface area (Å²) in [6.45, 7) is 3.18. The monoisotopic (exact) mass is 242 g/mol. The predicted octanol–water partition coefficient (Wildman–Crippen LogP) is 2.46. The first-order valence-electron chi connectivity index (χ1n) is 6.70. The van der Waals surface area contributed by atoms with Crippen LogP contribution in [0.1, 0.15) is 35.9 Å². The Labute approximate surface area is 108 Å². The van der Waals surface area contributed by atoms with Crippen molar-refractivity contribution in [3.05, 3.63) is 35.4 Å². The Kier molecular flexibility index (Phi) is 3.31. The molecule has 0 spiro atoms. The minimum absolute atomic E-state index is 0.118. The van der Waals surface area contributed by atoms with Crippen molar-refractivity contribution in [2.24, 2.45) is 0 Å². The van der Waals surface area contributed by atoms with Crippen LogP contribution in [0.15, 0.2) is 24.3 Å². The van der Waals surface area contributed by atoms with Crippen molar-refractivity contribution in [3.63, 3.8) is 0 Å². The summed E-state index contributed by atoms with van der Waals surface area (Å²) < 4.78 is 5.35. The molecule has 94 valence electrons. The average Bonchev–Trinajstić information content (AvgIpc) is 3.26. The second kappa shape index (κ2) is 5.09. The largest absolute Gasteiger partial charge is 0.379 e. The molecule has 2 fully saturated rings. The van der Waals surface area contributed by atoms with Gasteiger partial charge in [0.15, 0.2) is 0 Å². The fourth-order valence-corrected chi connectivity index (χ4v) is 2.60. The van der Waals surface area contributed by atoms with E-state index in [9.17, 15) is 5.26 Å². The maximum absolute atomic E-state index is 9.44. The summed E-state index contributed by atoms with van der Waals surface area (Å²) in [6.07, 6.45) is 2.61. The third-order valence-electron chi connectivity index (χ3n) is 3.81. The Morgan fingerprint density at radius 3 is 2.72 bits per heavy atom. The quantitative estimate of drug-likeness (QED) is 0.817. The zero-order chi connectivity index (χ0) is 12.4. The topological polar surface area (TPSA) is 36.3 Å². The fraction of sp³-hybridized carbons (Fsp3) is 0.533. The molecule has 1 aromatic rings. The molecule has 1 aromatic carbocycles. The van der Waals surface area contributed by atoms with Crippen LogP contribution in [0.25, 0.3) is 0 Å². The van der Waals surface area contributed by atoms with Gasteiger partial charge in [0.05, 0.1) is 19.3 Å². The molecule has 1 aliphatic heterocycles.